The second-order valence-corrected chi connectivity index (χ2v) is 6.01. The zero-order valence-electron chi connectivity index (χ0n) is 10.8. The number of nitrogens with two attached hydrogens (primary N) is 1. The quantitative estimate of drug-likeness (QED) is 0.798. The molecule has 1 saturated carbocycles. The number of rotatable bonds is 3. The molecule has 2 fully saturated rings. The van der Waals surface area contributed by atoms with E-state index in [0.29, 0.717) is 6.04 Å². The van der Waals surface area contributed by atoms with Crippen LogP contribution in [0.4, 0.5) is 0 Å². The lowest BCUT2D eigenvalue weighted by Crippen LogP contribution is -2.46. The molecule has 1 saturated heterocycles. The van der Waals surface area contributed by atoms with Crippen molar-refractivity contribution in [1.29, 1.82) is 0 Å². The van der Waals surface area contributed by atoms with Crippen LogP contribution >= 0.6 is 0 Å². The molecule has 0 bridgehead atoms. The fourth-order valence-electron chi connectivity index (χ4n) is 3.41. The van der Waals surface area contributed by atoms with Crippen molar-refractivity contribution in [2.75, 3.05) is 19.6 Å². The molecule has 2 heteroatoms. The molecule has 16 heavy (non-hydrogen) atoms. The minimum absolute atomic E-state index is 0.688. The maximum atomic E-state index is 5.88. The van der Waals surface area contributed by atoms with Crippen molar-refractivity contribution in [1.82, 2.24) is 4.90 Å². The Hall–Kier alpha value is -0.0800. The largest absolute Gasteiger partial charge is 0.329 e. The fourth-order valence-corrected chi connectivity index (χ4v) is 3.41. The Morgan fingerprint density at radius 3 is 2.50 bits per heavy atom. The van der Waals surface area contributed by atoms with Gasteiger partial charge in [0.1, 0.15) is 0 Å². The van der Waals surface area contributed by atoms with Crippen molar-refractivity contribution >= 4 is 0 Å². The maximum absolute atomic E-state index is 5.88. The summed E-state index contributed by atoms with van der Waals surface area (Å²) in [5, 5.41) is 0. The SMILES string of the molecule is CC1CCC(CN2CCCC[C@H]2CN)CC1. The highest BCUT2D eigenvalue weighted by Crippen LogP contribution is 2.30. The first-order valence-electron chi connectivity index (χ1n) is 7.23. The van der Waals surface area contributed by atoms with E-state index in [2.05, 4.69) is 11.8 Å². The highest BCUT2D eigenvalue weighted by atomic mass is 15.2. The van der Waals surface area contributed by atoms with Gasteiger partial charge in [0, 0.05) is 19.1 Å². The molecule has 0 aromatic rings. The van der Waals surface area contributed by atoms with Gasteiger partial charge in [-0.15, -0.1) is 0 Å². The van der Waals surface area contributed by atoms with Crippen molar-refractivity contribution in [3.63, 3.8) is 0 Å². The molecule has 94 valence electrons. The van der Waals surface area contributed by atoms with Crippen LogP contribution in [0.1, 0.15) is 51.9 Å². The Bertz CT molecular complexity index is 197. The van der Waals surface area contributed by atoms with Crippen molar-refractivity contribution in [3.05, 3.63) is 0 Å². The summed E-state index contributed by atoms with van der Waals surface area (Å²) in [6.07, 6.45) is 9.92. The van der Waals surface area contributed by atoms with Gasteiger partial charge in [-0.2, -0.15) is 0 Å². The van der Waals surface area contributed by atoms with Gasteiger partial charge in [-0.1, -0.05) is 26.2 Å². The van der Waals surface area contributed by atoms with E-state index in [-0.39, 0.29) is 0 Å². The molecule has 2 rings (SSSR count). The summed E-state index contributed by atoms with van der Waals surface area (Å²) in [5.41, 5.74) is 5.88. The Kier molecular flexibility index (Phi) is 4.66. The van der Waals surface area contributed by atoms with Crippen LogP contribution in [0.5, 0.6) is 0 Å². The van der Waals surface area contributed by atoms with E-state index in [1.807, 2.05) is 0 Å². The average molecular weight is 224 g/mol. The Morgan fingerprint density at radius 1 is 1.06 bits per heavy atom. The predicted molar refractivity (Wildman–Crippen MR) is 69.4 cm³/mol. The summed E-state index contributed by atoms with van der Waals surface area (Å²) in [6.45, 7) is 5.89. The van der Waals surface area contributed by atoms with Gasteiger partial charge in [-0.25, -0.2) is 0 Å². The number of hydrogen-bond acceptors (Lipinski definition) is 2. The van der Waals surface area contributed by atoms with Crippen molar-refractivity contribution in [2.45, 2.75) is 57.9 Å². The molecule has 1 aliphatic carbocycles. The van der Waals surface area contributed by atoms with Gasteiger partial charge in [0.25, 0.3) is 0 Å². The van der Waals surface area contributed by atoms with Gasteiger partial charge in [0.2, 0.25) is 0 Å². The molecule has 0 radical (unpaired) electrons. The highest BCUT2D eigenvalue weighted by Gasteiger charge is 2.25. The van der Waals surface area contributed by atoms with E-state index in [0.717, 1.165) is 18.4 Å². The summed E-state index contributed by atoms with van der Waals surface area (Å²) in [6, 6.07) is 0.688. The minimum Gasteiger partial charge on any atom is -0.329 e. The molecule has 1 atom stereocenters. The van der Waals surface area contributed by atoms with Gasteiger partial charge in [-0.05, 0) is 44.1 Å². The van der Waals surface area contributed by atoms with Gasteiger partial charge < -0.3 is 5.73 Å². The summed E-state index contributed by atoms with van der Waals surface area (Å²) in [7, 11) is 0. The van der Waals surface area contributed by atoms with Gasteiger partial charge in [0.05, 0.1) is 0 Å². The van der Waals surface area contributed by atoms with Crippen molar-refractivity contribution in [3.8, 4) is 0 Å². The number of nitrogens with zero attached hydrogens (tertiary/aromatic N) is 1. The molecule has 0 aromatic carbocycles. The van der Waals surface area contributed by atoms with Crippen LogP contribution in [0.15, 0.2) is 0 Å². The standard InChI is InChI=1S/C14H28N2/c1-12-5-7-13(8-6-12)11-16-9-3-2-4-14(16)10-15/h12-14H,2-11,15H2,1H3/t12?,13?,14-/m0/s1. The number of likely N-dealkylation sites (tertiary alicyclic amines) is 1. The van der Waals surface area contributed by atoms with Crippen LogP contribution in [-0.4, -0.2) is 30.6 Å². The summed E-state index contributed by atoms with van der Waals surface area (Å²) in [4.78, 5) is 2.68. The second-order valence-electron chi connectivity index (χ2n) is 6.01. The lowest BCUT2D eigenvalue weighted by Gasteiger charge is -2.38. The molecule has 1 heterocycles. The number of hydrogen-bond donors (Lipinski definition) is 1. The van der Waals surface area contributed by atoms with Crippen LogP contribution in [0, 0.1) is 11.8 Å². The number of piperidine rings is 1. The molecule has 2 N–H and O–H groups in total. The molecule has 2 nitrogen and oxygen atoms in total. The monoisotopic (exact) mass is 224 g/mol. The van der Waals surface area contributed by atoms with Gasteiger partial charge in [0.15, 0.2) is 0 Å². The average Bonchev–Trinajstić information content (AvgIpc) is 2.33. The molecule has 0 spiro atoms. The lowest BCUT2D eigenvalue weighted by atomic mass is 9.82. The first kappa shape index (κ1) is 12.4. The first-order valence-corrected chi connectivity index (χ1v) is 7.23. The molecule has 2 aliphatic rings. The van der Waals surface area contributed by atoms with E-state index in [9.17, 15) is 0 Å². The third-order valence-electron chi connectivity index (χ3n) is 4.65. The summed E-state index contributed by atoms with van der Waals surface area (Å²) < 4.78 is 0. The van der Waals surface area contributed by atoms with E-state index in [1.54, 1.807) is 0 Å². The van der Waals surface area contributed by atoms with Crippen LogP contribution in [0.3, 0.4) is 0 Å². The van der Waals surface area contributed by atoms with Gasteiger partial charge >= 0.3 is 0 Å². The van der Waals surface area contributed by atoms with E-state index in [1.165, 1.54) is 58.0 Å². The Morgan fingerprint density at radius 2 is 1.81 bits per heavy atom. The maximum Gasteiger partial charge on any atom is 0.0218 e. The molecule has 0 aromatic heterocycles. The third kappa shape index (κ3) is 3.21. The van der Waals surface area contributed by atoms with E-state index < -0.39 is 0 Å². The summed E-state index contributed by atoms with van der Waals surface area (Å²) >= 11 is 0. The zero-order chi connectivity index (χ0) is 11.4. The normalized spacial score (nSPS) is 37.5. The van der Waals surface area contributed by atoms with Crippen molar-refractivity contribution in [2.24, 2.45) is 17.6 Å². The predicted octanol–water partition coefficient (Wildman–Crippen LogP) is 2.63. The fraction of sp³-hybridized carbons (Fsp3) is 1.00. The van der Waals surface area contributed by atoms with Crippen LogP contribution < -0.4 is 5.73 Å². The third-order valence-corrected chi connectivity index (χ3v) is 4.65. The zero-order valence-corrected chi connectivity index (χ0v) is 10.8. The Labute approximate surface area is 101 Å². The van der Waals surface area contributed by atoms with Crippen LogP contribution in [-0.2, 0) is 0 Å². The summed E-state index contributed by atoms with van der Waals surface area (Å²) in [5.74, 6) is 1.94. The Balaban J connectivity index is 1.78. The van der Waals surface area contributed by atoms with Gasteiger partial charge in [-0.3, -0.25) is 4.90 Å². The smallest absolute Gasteiger partial charge is 0.0218 e. The first-order chi connectivity index (χ1) is 7.79. The van der Waals surface area contributed by atoms with Crippen LogP contribution in [0.25, 0.3) is 0 Å². The topological polar surface area (TPSA) is 29.3 Å². The van der Waals surface area contributed by atoms with Crippen molar-refractivity contribution < 1.29 is 0 Å². The molecular formula is C14H28N2. The van der Waals surface area contributed by atoms with E-state index in [4.69, 9.17) is 5.73 Å². The lowest BCUT2D eigenvalue weighted by molar-refractivity contribution is 0.111. The van der Waals surface area contributed by atoms with E-state index >= 15 is 0 Å². The molecule has 0 unspecified atom stereocenters. The molecule has 0 amide bonds. The van der Waals surface area contributed by atoms with Crippen LogP contribution in [0.2, 0.25) is 0 Å². The second kappa shape index (κ2) is 6.02. The molecule has 1 aliphatic heterocycles. The highest BCUT2D eigenvalue weighted by molar-refractivity contribution is 4.81. The minimum atomic E-state index is 0.688. The molecular weight excluding hydrogens is 196 g/mol.